The maximum absolute atomic E-state index is 12.0. The van der Waals surface area contributed by atoms with Gasteiger partial charge in [-0.3, -0.25) is 0 Å². The Kier molecular flexibility index (Phi) is 6.56. The maximum atomic E-state index is 12.0. The number of carbonyl (C=O) groups excluding carboxylic acids is 1. The van der Waals surface area contributed by atoms with E-state index >= 15 is 0 Å². The number of alkyl carbamates (subject to hydrolysis) is 1. The summed E-state index contributed by atoms with van der Waals surface area (Å²) in [5.74, 6) is 1.58. The van der Waals surface area contributed by atoms with Gasteiger partial charge in [0.15, 0.2) is 5.75 Å². The van der Waals surface area contributed by atoms with Crippen LogP contribution in [0.15, 0.2) is 42.7 Å². The van der Waals surface area contributed by atoms with Crippen LogP contribution in [0.25, 0.3) is 0 Å². The second-order valence-corrected chi connectivity index (χ2v) is 8.46. The molecule has 7 nitrogen and oxygen atoms in total. The molecule has 1 fully saturated rings. The molecule has 2 aromatic rings. The van der Waals surface area contributed by atoms with Crippen LogP contribution in [0.2, 0.25) is 0 Å². The van der Waals surface area contributed by atoms with Crippen LogP contribution in [0.3, 0.4) is 0 Å². The van der Waals surface area contributed by atoms with E-state index in [0.29, 0.717) is 18.3 Å². The summed E-state index contributed by atoms with van der Waals surface area (Å²) in [7, 11) is 0. The first kappa shape index (κ1) is 20.9. The second kappa shape index (κ2) is 9.11. The van der Waals surface area contributed by atoms with Crippen LogP contribution >= 0.6 is 0 Å². The van der Waals surface area contributed by atoms with E-state index in [9.17, 15) is 4.79 Å². The zero-order valence-corrected chi connectivity index (χ0v) is 17.6. The predicted molar refractivity (Wildman–Crippen MR) is 112 cm³/mol. The Morgan fingerprint density at radius 2 is 1.90 bits per heavy atom. The van der Waals surface area contributed by atoms with E-state index in [-0.39, 0.29) is 18.1 Å². The second-order valence-electron chi connectivity index (χ2n) is 8.46. The number of rotatable bonds is 5. The van der Waals surface area contributed by atoms with Gasteiger partial charge in [0.2, 0.25) is 5.95 Å². The van der Waals surface area contributed by atoms with Gasteiger partial charge in [-0.25, -0.2) is 14.8 Å². The number of anilines is 1. The highest BCUT2D eigenvalue weighted by Gasteiger charge is 2.29. The lowest BCUT2D eigenvalue weighted by Gasteiger charge is -2.37. The lowest BCUT2D eigenvalue weighted by molar-refractivity contribution is 0.0481. The summed E-state index contributed by atoms with van der Waals surface area (Å²) < 4.78 is 11.1. The molecule has 1 saturated heterocycles. The Labute approximate surface area is 172 Å². The highest BCUT2D eigenvalue weighted by atomic mass is 16.6. The van der Waals surface area contributed by atoms with Gasteiger partial charge in [0.05, 0.1) is 12.4 Å². The van der Waals surface area contributed by atoms with E-state index in [4.69, 9.17) is 9.47 Å². The molecule has 2 unspecified atom stereocenters. The van der Waals surface area contributed by atoms with Crippen LogP contribution in [-0.2, 0) is 11.3 Å². The topological polar surface area (TPSA) is 76.6 Å². The van der Waals surface area contributed by atoms with Gasteiger partial charge in [-0.05, 0) is 38.7 Å². The molecule has 7 heteroatoms. The molecule has 2 atom stereocenters. The first-order chi connectivity index (χ1) is 13.8. The van der Waals surface area contributed by atoms with Crippen LogP contribution in [0, 0.1) is 5.92 Å². The first-order valence-electron chi connectivity index (χ1n) is 10.0. The van der Waals surface area contributed by atoms with Crippen molar-refractivity contribution in [1.82, 2.24) is 15.3 Å². The van der Waals surface area contributed by atoms with Crippen molar-refractivity contribution in [3.8, 4) is 5.75 Å². The summed E-state index contributed by atoms with van der Waals surface area (Å²) in [4.78, 5) is 23.1. The lowest BCUT2D eigenvalue weighted by Crippen LogP contribution is -2.51. The Balaban J connectivity index is 1.50. The summed E-state index contributed by atoms with van der Waals surface area (Å²) in [5, 5.41) is 2.99. The SMILES string of the molecule is CC1CN(c2ncc(OCc3ccccc3)cn2)CCC1NC(=O)OC(C)(C)C. The molecule has 1 aromatic heterocycles. The predicted octanol–water partition coefficient (Wildman–Crippen LogP) is 3.80. The normalized spacial score (nSPS) is 19.5. The van der Waals surface area contributed by atoms with Gasteiger partial charge < -0.3 is 19.7 Å². The molecule has 0 aliphatic carbocycles. The fourth-order valence-electron chi connectivity index (χ4n) is 3.29. The minimum absolute atomic E-state index is 0.0783. The number of nitrogens with zero attached hydrogens (tertiary/aromatic N) is 3. The minimum atomic E-state index is -0.494. The summed E-state index contributed by atoms with van der Waals surface area (Å²) in [6, 6.07) is 10.1. The molecule has 0 radical (unpaired) electrons. The van der Waals surface area contributed by atoms with Crippen LogP contribution in [0.1, 0.15) is 39.7 Å². The maximum Gasteiger partial charge on any atom is 0.407 e. The summed E-state index contributed by atoms with van der Waals surface area (Å²) in [5.41, 5.74) is 0.608. The smallest absolute Gasteiger partial charge is 0.407 e. The number of ether oxygens (including phenoxy) is 2. The van der Waals surface area contributed by atoms with Crippen molar-refractivity contribution in [3.05, 3.63) is 48.3 Å². The van der Waals surface area contributed by atoms with E-state index in [1.54, 1.807) is 12.4 Å². The fourth-order valence-corrected chi connectivity index (χ4v) is 3.29. The quantitative estimate of drug-likeness (QED) is 0.826. The monoisotopic (exact) mass is 398 g/mol. The number of amides is 1. The molecule has 2 heterocycles. The molecule has 1 aliphatic heterocycles. The number of benzene rings is 1. The van der Waals surface area contributed by atoms with Gasteiger partial charge >= 0.3 is 6.09 Å². The molecule has 1 aliphatic rings. The van der Waals surface area contributed by atoms with Crippen molar-refractivity contribution >= 4 is 12.0 Å². The van der Waals surface area contributed by atoms with Crippen LogP contribution in [0.5, 0.6) is 5.75 Å². The van der Waals surface area contributed by atoms with Crippen molar-refractivity contribution in [2.24, 2.45) is 5.92 Å². The van der Waals surface area contributed by atoms with Crippen molar-refractivity contribution in [2.45, 2.75) is 52.4 Å². The van der Waals surface area contributed by atoms with Gasteiger partial charge in [0.25, 0.3) is 0 Å². The zero-order chi connectivity index (χ0) is 20.9. The van der Waals surface area contributed by atoms with E-state index in [1.807, 2.05) is 51.1 Å². The molecule has 3 rings (SSSR count). The molecule has 156 valence electrons. The number of hydrogen-bond donors (Lipinski definition) is 1. The van der Waals surface area contributed by atoms with Crippen LogP contribution in [0.4, 0.5) is 10.7 Å². The summed E-state index contributed by atoms with van der Waals surface area (Å²) in [6.45, 7) is 9.74. The third-order valence-corrected chi connectivity index (χ3v) is 4.75. The Morgan fingerprint density at radius 1 is 1.21 bits per heavy atom. The highest BCUT2D eigenvalue weighted by molar-refractivity contribution is 5.68. The van der Waals surface area contributed by atoms with E-state index in [0.717, 1.165) is 25.1 Å². The first-order valence-corrected chi connectivity index (χ1v) is 10.0. The molecule has 1 amide bonds. The molecule has 0 bridgehead atoms. The molecular formula is C22H30N4O3. The van der Waals surface area contributed by atoms with Crippen molar-refractivity contribution in [1.29, 1.82) is 0 Å². The lowest BCUT2D eigenvalue weighted by atomic mass is 9.94. The Morgan fingerprint density at radius 3 is 2.52 bits per heavy atom. The zero-order valence-electron chi connectivity index (χ0n) is 17.6. The van der Waals surface area contributed by atoms with Gasteiger partial charge in [-0.15, -0.1) is 0 Å². The summed E-state index contributed by atoms with van der Waals surface area (Å²) in [6.07, 6.45) is 3.87. The van der Waals surface area contributed by atoms with Gasteiger partial charge in [0.1, 0.15) is 12.2 Å². The third-order valence-electron chi connectivity index (χ3n) is 4.75. The number of piperidine rings is 1. The molecular weight excluding hydrogens is 368 g/mol. The molecule has 0 saturated carbocycles. The molecule has 29 heavy (non-hydrogen) atoms. The average molecular weight is 399 g/mol. The highest BCUT2D eigenvalue weighted by Crippen LogP contribution is 2.22. The van der Waals surface area contributed by atoms with E-state index in [2.05, 4.69) is 27.1 Å². The van der Waals surface area contributed by atoms with Gasteiger partial charge in [-0.2, -0.15) is 0 Å². The minimum Gasteiger partial charge on any atom is -0.486 e. The van der Waals surface area contributed by atoms with Crippen LogP contribution in [-0.4, -0.2) is 40.8 Å². The van der Waals surface area contributed by atoms with E-state index in [1.165, 1.54) is 0 Å². The summed E-state index contributed by atoms with van der Waals surface area (Å²) >= 11 is 0. The fraction of sp³-hybridized carbons (Fsp3) is 0.500. The number of hydrogen-bond acceptors (Lipinski definition) is 6. The largest absolute Gasteiger partial charge is 0.486 e. The average Bonchev–Trinajstić information content (AvgIpc) is 2.68. The number of aromatic nitrogens is 2. The Hall–Kier alpha value is -2.83. The molecule has 1 aromatic carbocycles. The standard InChI is InChI=1S/C22H30N4O3/c1-16-14-26(11-10-19(16)25-21(27)29-22(2,3)4)20-23-12-18(13-24-20)28-15-17-8-6-5-7-9-17/h5-9,12-13,16,19H,10-11,14-15H2,1-4H3,(H,25,27). The van der Waals surface area contributed by atoms with Crippen molar-refractivity contribution < 1.29 is 14.3 Å². The molecule has 0 spiro atoms. The number of carbonyl (C=O) groups is 1. The van der Waals surface area contributed by atoms with E-state index < -0.39 is 5.60 Å². The van der Waals surface area contributed by atoms with Gasteiger partial charge in [0, 0.05) is 19.1 Å². The van der Waals surface area contributed by atoms with Crippen molar-refractivity contribution in [3.63, 3.8) is 0 Å². The number of nitrogens with one attached hydrogen (secondary N) is 1. The van der Waals surface area contributed by atoms with Crippen molar-refractivity contribution in [2.75, 3.05) is 18.0 Å². The third kappa shape index (κ3) is 6.34. The van der Waals surface area contributed by atoms with Gasteiger partial charge in [-0.1, -0.05) is 37.3 Å². The Bertz CT molecular complexity index is 790. The van der Waals surface area contributed by atoms with Crippen LogP contribution < -0.4 is 15.0 Å². The molecule has 1 N–H and O–H groups in total.